The molecule has 2 aromatic rings. The van der Waals surface area contributed by atoms with Crippen molar-refractivity contribution in [1.82, 2.24) is 20.2 Å². The summed E-state index contributed by atoms with van der Waals surface area (Å²) in [5.41, 5.74) is 1.29. The number of fused-ring (bicyclic) bond motifs is 1. The monoisotopic (exact) mass is 411 g/mol. The Morgan fingerprint density at radius 2 is 2.13 bits per heavy atom. The Balaban J connectivity index is 1.71. The van der Waals surface area contributed by atoms with Crippen LogP contribution in [0.15, 0.2) is 18.2 Å². The van der Waals surface area contributed by atoms with Gasteiger partial charge in [-0.25, -0.2) is 9.78 Å². The molecule has 30 heavy (non-hydrogen) atoms. The molecule has 0 bridgehead atoms. The lowest BCUT2D eigenvalue weighted by Gasteiger charge is -2.37. The molecule has 0 saturated heterocycles. The van der Waals surface area contributed by atoms with Crippen LogP contribution in [0.2, 0.25) is 0 Å². The number of carbonyl (C=O) groups excluding carboxylic acids is 2. The fraction of sp³-hybridized carbons (Fsp3) is 0.545. The minimum Gasteiger partial charge on any atom is -0.444 e. The molecule has 1 fully saturated rings. The molecule has 2 atom stereocenters. The average molecular weight is 412 g/mol. The van der Waals surface area contributed by atoms with Gasteiger partial charge in [-0.2, -0.15) is 5.26 Å². The molecule has 1 aliphatic rings. The van der Waals surface area contributed by atoms with Gasteiger partial charge in [-0.15, -0.1) is 0 Å². The van der Waals surface area contributed by atoms with Gasteiger partial charge in [-0.05, 0) is 71.6 Å². The van der Waals surface area contributed by atoms with E-state index in [4.69, 9.17) is 10.00 Å². The minimum atomic E-state index is -0.545. The van der Waals surface area contributed by atoms with Crippen molar-refractivity contribution in [1.29, 1.82) is 5.26 Å². The van der Waals surface area contributed by atoms with Crippen molar-refractivity contribution >= 4 is 23.0 Å². The maximum absolute atomic E-state index is 13.2. The van der Waals surface area contributed by atoms with Crippen LogP contribution in [0.5, 0.6) is 0 Å². The summed E-state index contributed by atoms with van der Waals surface area (Å²) in [5.74, 6) is 0.0966. The number of benzene rings is 1. The number of rotatable bonds is 4. The van der Waals surface area contributed by atoms with Gasteiger partial charge >= 0.3 is 6.09 Å². The van der Waals surface area contributed by atoms with Crippen LogP contribution in [0.25, 0.3) is 11.0 Å². The second-order valence-electron chi connectivity index (χ2n) is 8.68. The third-order valence-electron chi connectivity index (χ3n) is 5.22. The van der Waals surface area contributed by atoms with Crippen LogP contribution in [-0.2, 0) is 4.74 Å². The molecule has 1 aliphatic carbocycles. The Hall–Kier alpha value is -3.08. The largest absolute Gasteiger partial charge is 0.444 e. The number of nitriles is 1. The van der Waals surface area contributed by atoms with E-state index in [2.05, 4.69) is 21.4 Å². The SMILES string of the molecule is CCN(C(=O)c1nc2ccc(C#N)cc2[nH]1)[C@H]1CCC[C@@H](NC(=O)OC(C)(C)C)C1. The van der Waals surface area contributed by atoms with E-state index >= 15 is 0 Å². The van der Waals surface area contributed by atoms with Crippen molar-refractivity contribution in [2.45, 2.75) is 71.1 Å². The van der Waals surface area contributed by atoms with Crippen LogP contribution >= 0.6 is 0 Å². The number of nitrogens with one attached hydrogen (secondary N) is 2. The summed E-state index contributed by atoms with van der Waals surface area (Å²) in [4.78, 5) is 34.6. The van der Waals surface area contributed by atoms with E-state index in [1.165, 1.54) is 0 Å². The van der Waals surface area contributed by atoms with E-state index in [-0.39, 0.29) is 23.8 Å². The number of imidazole rings is 1. The Bertz CT molecular complexity index is 969. The summed E-state index contributed by atoms with van der Waals surface area (Å²) < 4.78 is 5.36. The highest BCUT2D eigenvalue weighted by Gasteiger charge is 2.32. The van der Waals surface area contributed by atoms with E-state index in [1.54, 1.807) is 18.2 Å². The lowest BCUT2D eigenvalue weighted by molar-refractivity contribution is 0.0459. The molecule has 8 heteroatoms. The Labute approximate surface area is 176 Å². The molecule has 3 rings (SSSR count). The van der Waals surface area contributed by atoms with Crippen molar-refractivity contribution in [2.24, 2.45) is 0 Å². The summed E-state index contributed by atoms with van der Waals surface area (Å²) in [7, 11) is 0. The van der Waals surface area contributed by atoms with Crippen LogP contribution < -0.4 is 5.32 Å². The van der Waals surface area contributed by atoms with Crippen molar-refractivity contribution in [3.63, 3.8) is 0 Å². The first-order valence-electron chi connectivity index (χ1n) is 10.4. The zero-order chi connectivity index (χ0) is 21.9. The molecule has 1 aromatic heterocycles. The summed E-state index contributed by atoms with van der Waals surface area (Å²) in [6, 6.07) is 7.18. The highest BCUT2D eigenvalue weighted by Crippen LogP contribution is 2.25. The first-order valence-corrected chi connectivity index (χ1v) is 10.4. The van der Waals surface area contributed by atoms with Gasteiger partial charge in [0.25, 0.3) is 5.91 Å². The third-order valence-corrected chi connectivity index (χ3v) is 5.22. The number of carbonyl (C=O) groups is 2. The van der Waals surface area contributed by atoms with Crippen LogP contribution in [-0.4, -0.2) is 51.1 Å². The van der Waals surface area contributed by atoms with Gasteiger partial charge in [-0.1, -0.05) is 0 Å². The Morgan fingerprint density at radius 3 is 2.80 bits per heavy atom. The molecule has 0 aliphatic heterocycles. The number of hydrogen-bond donors (Lipinski definition) is 2. The molecule has 8 nitrogen and oxygen atoms in total. The van der Waals surface area contributed by atoms with E-state index in [0.29, 0.717) is 29.6 Å². The summed E-state index contributed by atoms with van der Waals surface area (Å²) in [6.45, 7) is 7.99. The number of aromatic nitrogens is 2. The number of ether oxygens (including phenoxy) is 1. The number of alkyl carbamates (subject to hydrolysis) is 1. The normalized spacial score (nSPS) is 19.2. The third kappa shape index (κ3) is 5.09. The zero-order valence-electron chi connectivity index (χ0n) is 18.0. The first-order chi connectivity index (χ1) is 14.2. The maximum atomic E-state index is 13.2. The summed E-state index contributed by atoms with van der Waals surface area (Å²) in [6.07, 6.45) is 2.92. The highest BCUT2D eigenvalue weighted by atomic mass is 16.6. The van der Waals surface area contributed by atoms with Crippen molar-refractivity contribution in [3.8, 4) is 6.07 Å². The minimum absolute atomic E-state index is 0.0130. The molecule has 2 N–H and O–H groups in total. The summed E-state index contributed by atoms with van der Waals surface area (Å²) in [5, 5.41) is 12.0. The van der Waals surface area contributed by atoms with E-state index in [1.807, 2.05) is 32.6 Å². The topological polar surface area (TPSA) is 111 Å². The Kier molecular flexibility index (Phi) is 6.30. The molecule has 160 valence electrons. The van der Waals surface area contributed by atoms with Gasteiger partial charge in [0.1, 0.15) is 5.60 Å². The molecule has 0 spiro atoms. The quantitative estimate of drug-likeness (QED) is 0.796. The van der Waals surface area contributed by atoms with E-state index < -0.39 is 11.7 Å². The fourth-order valence-electron chi connectivity index (χ4n) is 3.94. The van der Waals surface area contributed by atoms with Crippen molar-refractivity contribution in [3.05, 3.63) is 29.6 Å². The van der Waals surface area contributed by atoms with Crippen LogP contribution in [0, 0.1) is 11.3 Å². The van der Waals surface area contributed by atoms with Gasteiger partial charge in [0, 0.05) is 18.6 Å². The Morgan fingerprint density at radius 1 is 1.37 bits per heavy atom. The van der Waals surface area contributed by atoms with Gasteiger partial charge in [0.05, 0.1) is 22.7 Å². The van der Waals surface area contributed by atoms with Gasteiger partial charge < -0.3 is 19.9 Å². The molecular formula is C22H29N5O3. The molecule has 0 radical (unpaired) electrons. The van der Waals surface area contributed by atoms with Crippen molar-refractivity contribution in [2.75, 3.05) is 6.54 Å². The first kappa shape index (κ1) is 21.6. The van der Waals surface area contributed by atoms with Gasteiger partial charge in [-0.3, -0.25) is 4.79 Å². The second-order valence-corrected chi connectivity index (χ2v) is 8.68. The van der Waals surface area contributed by atoms with Crippen LogP contribution in [0.3, 0.4) is 0 Å². The van der Waals surface area contributed by atoms with Crippen molar-refractivity contribution < 1.29 is 14.3 Å². The van der Waals surface area contributed by atoms with Crippen LogP contribution in [0.1, 0.15) is 69.6 Å². The number of nitrogens with zero attached hydrogens (tertiary/aromatic N) is 3. The average Bonchev–Trinajstić information content (AvgIpc) is 3.10. The molecular weight excluding hydrogens is 382 g/mol. The lowest BCUT2D eigenvalue weighted by Crippen LogP contribution is -2.49. The smallest absolute Gasteiger partial charge is 0.407 e. The summed E-state index contributed by atoms with van der Waals surface area (Å²) >= 11 is 0. The van der Waals surface area contributed by atoms with E-state index in [9.17, 15) is 9.59 Å². The lowest BCUT2D eigenvalue weighted by atomic mass is 9.90. The molecule has 1 aromatic carbocycles. The van der Waals surface area contributed by atoms with Crippen LogP contribution in [0.4, 0.5) is 4.79 Å². The van der Waals surface area contributed by atoms with E-state index in [0.717, 1.165) is 19.3 Å². The maximum Gasteiger partial charge on any atom is 0.407 e. The van der Waals surface area contributed by atoms with Gasteiger partial charge in [0.15, 0.2) is 5.82 Å². The number of amides is 2. The highest BCUT2D eigenvalue weighted by molar-refractivity contribution is 5.94. The molecule has 2 amide bonds. The van der Waals surface area contributed by atoms with Gasteiger partial charge in [0.2, 0.25) is 0 Å². The molecule has 1 saturated carbocycles. The second kappa shape index (κ2) is 8.74. The number of H-pyrrole nitrogens is 1. The zero-order valence-corrected chi connectivity index (χ0v) is 18.0. The predicted octanol–water partition coefficient (Wildman–Crippen LogP) is 3.73. The number of aromatic amines is 1. The molecule has 1 heterocycles. The fourth-order valence-corrected chi connectivity index (χ4v) is 3.94. The predicted molar refractivity (Wildman–Crippen MR) is 113 cm³/mol. The number of hydrogen-bond acceptors (Lipinski definition) is 5. The molecule has 0 unspecified atom stereocenters. The standard InChI is InChI=1S/C22H29N5O3/c1-5-27(16-8-6-7-15(12-16)24-21(29)30-22(2,3)4)20(28)19-25-17-10-9-14(13-23)11-18(17)26-19/h9-11,15-16H,5-8,12H2,1-4H3,(H,24,29)(H,25,26)/t15-,16+/m1/s1.